The summed E-state index contributed by atoms with van der Waals surface area (Å²) in [5.74, 6) is 0. The average molecular weight is 184 g/mol. The van der Waals surface area contributed by atoms with Gasteiger partial charge in [0.15, 0.2) is 0 Å². The van der Waals surface area contributed by atoms with Crippen LogP contribution in [-0.4, -0.2) is 37.7 Å². The molecule has 0 saturated carbocycles. The van der Waals surface area contributed by atoms with Gasteiger partial charge in [0.05, 0.1) is 12.7 Å². The van der Waals surface area contributed by atoms with E-state index >= 15 is 0 Å². The largest absolute Gasteiger partial charge is 0.380 e. The topological polar surface area (TPSA) is 36.3 Å². The van der Waals surface area contributed by atoms with Gasteiger partial charge in [-0.2, -0.15) is 5.26 Å². The van der Waals surface area contributed by atoms with Crippen molar-refractivity contribution in [3.8, 4) is 6.07 Å². The fourth-order valence-corrected chi connectivity index (χ4v) is 1.08. The molecule has 0 atom stereocenters. The van der Waals surface area contributed by atoms with Crippen LogP contribution < -0.4 is 0 Å². The van der Waals surface area contributed by atoms with Crippen molar-refractivity contribution in [2.75, 3.05) is 32.8 Å². The first-order valence-electron chi connectivity index (χ1n) is 5.02. The van der Waals surface area contributed by atoms with Crippen LogP contribution in [0.2, 0.25) is 0 Å². The monoisotopic (exact) mass is 184 g/mol. The molecular weight excluding hydrogens is 164 g/mol. The highest BCUT2D eigenvalue weighted by atomic mass is 16.5. The Morgan fingerprint density at radius 2 is 2.00 bits per heavy atom. The first kappa shape index (κ1) is 12.4. The molecule has 0 amide bonds. The SMILES string of the molecule is CCCOCCN(CC)CCC#N. The lowest BCUT2D eigenvalue weighted by Gasteiger charge is -2.18. The Morgan fingerprint density at radius 1 is 1.23 bits per heavy atom. The highest BCUT2D eigenvalue weighted by Gasteiger charge is 2.00. The molecule has 13 heavy (non-hydrogen) atoms. The Hall–Kier alpha value is -0.590. The minimum Gasteiger partial charge on any atom is -0.380 e. The molecule has 0 aliphatic carbocycles. The maximum atomic E-state index is 8.41. The van der Waals surface area contributed by atoms with E-state index in [0.29, 0.717) is 6.42 Å². The van der Waals surface area contributed by atoms with Crippen LogP contribution in [0.5, 0.6) is 0 Å². The Morgan fingerprint density at radius 3 is 2.54 bits per heavy atom. The molecule has 0 aromatic carbocycles. The van der Waals surface area contributed by atoms with Crippen molar-refractivity contribution >= 4 is 0 Å². The van der Waals surface area contributed by atoms with Gasteiger partial charge in [0.1, 0.15) is 0 Å². The number of hydrogen-bond acceptors (Lipinski definition) is 3. The summed E-state index contributed by atoms with van der Waals surface area (Å²) >= 11 is 0. The van der Waals surface area contributed by atoms with Crippen molar-refractivity contribution in [2.45, 2.75) is 26.7 Å². The molecule has 0 unspecified atom stereocenters. The Kier molecular flexibility index (Phi) is 9.07. The van der Waals surface area contributed by atoms with Gasteiger partial charge in [0.2, 0.25) is 0 Å². The summed E-state index contributed by atoms with van der Waals surface area (Å²) in [5, 5.41) is 8.41. The molecule has 0 saturated heterocycles. The van der Waals surface area contributed by atoms with Gasteiger partial charge in [-0.05, 0) is 13.0 Å². The van der Waals surface area contributed by atoms with Gasteiger partial charge < -0.3 is 9.64 Å². The molecule has 0 aromatic heterocycles. The number of likely N-dealkylation sites (N-methyl/N-ethyl adjacent to an activating group) is 1. The second kappa shape index (κ2) is 9.50. The summed E-state index contributed by atoms with van der Waals surface area (Å²) < 4.78 is 5.37. The second-order valence-electron chi connectivity index (χ2n) is 2.95. The van der Waals surface area contributed by atoms with Gasteiger partial charge in [-0.1, -0.05) is 13.8 Å². The molecule has 3 heteroatoms. The van der Waals surface area contributed by atoms with Crippen molar-refractivity contribution in [2.24, 2.45) is 0 Å². The summed E-state index contributed by atoms with van der Waals surface area (Å²) in [6.45, 7) is 8.64. The number of rotatable bonds is 8. The minimum absolute atomic E-state index is 0.613. The van der Waals surface area contributed by atoms with Gasteiger partial charge in [-0.15, -0.1) is 0 Å². The van der Waals surface area contributed by atoms with Crippen molar-refractivity contribution in [3.05, 3.63) is 0 Å². The van der Waals surface area contributed by atoms with E-state index < -0.39 is 0 Å². The fraction of sp³-hybridized carbons (Fsp3) is 0.900. The Balaban J connectivity index is 3.32. The van der Waals surface area contributed by atoms with Crippen molar-refractivity contribution in [1.82, 2.24) is 4.90 Å². The zero-order valence-electron chi connectivity index (χ0n) is 8.75. The highest BCUT2D eigenvalue weighted by Crippen LogP contribution is 1.91. The summed E-state index contributed by atoms with van der Waals surface area (Å²) in [6, 6.07) is 2.15. The third-order valence-corrected chi connectivity index (χ3v) is 1.89. The van der Waals surface area contributed by atoms with E-state index in [2.05, 4.69) is 24.8 Å². The summed E-state index contributed by atoms with van der Waals surface area (Å²) in [4.78, 5) is 2.24. The number of nitriles is 1. The van der Waals surface area contributed by atoms with Crippen LogP contribution >= 0.6 is 0 Å². The molecule has 76 valence electrons. The van der Waals surface area contributed by atoms with Crippen molar-refractivity contribution in [3.63, 3.8) is 0 Å². The van der Waals surface area contributed by atoms with Crippen LogP contribution in [0.25, 0.3) is 0 Å². The molecular formula is C10H20N2O. The summed E-state index contributed by atoms with van der Waals surface area (Å²) in [5.41, 5.74) is 0. The lowest BCUT2D eigenvalue weighted by Crippen LogP contribution is -2.28. The molecule has 0 bridgehead atoms. The van der Waals surface area contributed by atoms with Crippen molar-refractivity contribution in [1.29, 1.82) is 5.26 Å². The van der Waals surface area contributed by atoms with E-state index in [0.717, 1.165) is 39.3 Å². The lowest BCUT2D eigenvalue weighted by molar-refractivity contribution is 0.106. The van der Waals surface area contributed by atoms with Gasteiger partial charge >= 0.3 is 0 Å². The van der Waals surface area contributed by atoms with Crippen LogP contribution in [-0.2, 0) is 4.74 Å². The van der Waals surface area contributed by atoms with E-state index in [1.807, 2.05) is 0 Å². The summed E-state index contributed by atoms with van der Waals surface area (Å²) in [7, 11) is 0. The first-order valence-corrected chi connectivity index (χ1v) is 5.02. The Labute approximate surface area is 81.3 Å². The zero-order chi connectivity index (χ0) is 9.94. The molecule has 0 radical (unpaired) electrons. The molecule has 0 N–H and O–H groups in total. The quantitative estimate of drug-likeness (QED) is 0.538. The van der Waals surface area contributed by atoms with Crippen LogP contribution in [0.3, 0.4) is 0 Å². The van der Waals surface area contributed by atoms with E-state index in [1.165, 1.54) is 0 Å². The van der Waals surface area contributed by atoms with Crippen LogP contribution in [0.1, 0.15) is 26.7 Å². The predicted octanol–water partition coefficient (Wildman–Crippen LogP) is 1.65. The van der Waals surface area contributed by atoms with Gasteiger partial charge in [0.25, 0.3) is 0 Å². The fourth-order valence-electron chi connectivity index (χ4n) is 1.08. The van der Waals surface area contributed by atoms with E-state index in [9.17, 15) is 0 Å². The molecule has 3 nitrogen and oxygen atoms in total. The van der Waals surface area contributed by atoms with E-state index in [1.54, 1.807) is 0 Å². The van der Waals surface area contributed by atoms with Gasteiger partial charge in [0, 0.05) is 26.1 Å². The van der Waals surface area contributed by atoms with Crippen LogP contribution in [0.4, 0.5) is 0 Å². The third kappa shape index (κ3) is 7.76. The highest BCUT2D eigenvalue weighted by molar-refractivity contribution is 4.71. The molecule has 0 rings (SSSR count). The number of hydrogen-bond donors (Lipinski definition) is 0. The van der Waals surface area contributed by atoms with Crippen molar-refractivity contribution < 1.29 is 4.74 Å². The normalized spacial score (nSPS) is 10.3. The zero-order valence-corrected chi connectivity index (χ0v) is 8.75. The van der Waals surface area contributed by atoms with E-state index in [4.69, 9.17) is 10.00 Å². The smallest absolute Gasteiger partial charge is 0.0635 e. The third-order valence-electron chi connectivity index (χ3n) is 1.89. The maximum Gasteiger partial charge on any atom is 0.0635 e. The first-order chi connectivity index (χ1) is 6.35. The van der Waals surface area contributed by atoms with Crippen LogP contribution in [0.15, 0.2) is 0 Å². The molecule has 0 aliphatic rings. The second-order valence-corrected chi connectivity index (χ2v) is 2.95. The maximum absolute atomic E-state index is 8.41. The molecule has 0 heterocycles. The molecule has 0 fully saturated rings. The lowest BCUT2D eigenvalue weighted by atomic mass is 10.4. The average Bonchev–Trinajstić information content (AvgIpc) is 2.17. The number of nitrogens with zero attached hydrogens (tertiary/aromatic N) is 2. The molecule has 0 aromatic rings. The molecule has 0 aliphatic heterocycles. The van der Waals surface area contributed by atoms with Crippen LogP contribution in [0, 0.1) is 11.3 Å². The minimum atomic E-state index is 0.613. The Bertz CT molecular complexity index is 142. The number of ether oxygens (including phenoxy) is 1. The van der Waals surface area contributed by atoms with Gasteiger partial charge in [-0.3, -0.25) is 0 Å². The van der Waals surface area contributed by atoms with E-state index in [-0.39, 0.29) is 0 Å². The predicted molar refractivity (Wildman–Crippen MR) is 53.5 cm³/mol. The standard InChI is InChI=1S/C10H20N2O/c1-3-9-13-10-8-12(4-2)7-5-6-11/h3-5,7-10H2,1-2H3. The van der Waals surface area contributed by atoms with Gasteiger partial charge in [-0.25, -0.2) is 0 Å². The summed E-state index contributed by atoms with van der Waals surface area (Å²) in [6.07, 6.45) is 1.69. The molecule has 0 spiro atoms.